The van der Waals surface area contributed by atoms with E-state index >= 15 is 0 Å². The highest BCUT2D eigenvalue weighted by molar-refractivity contribution is 8.15. The normalized spacial score (nSPS) is 23.7. The van der Waals surface area contributed by atoms with E-state index in [0.717, 1.165) is 18.5 Å². The van der Waals surface area contributed by atoms with Gasteiger partial charge in [-0.05, 0) is 25.0 Å². The third kappa shape index (κ3) is 4.58. The first-order chi connectivity index (χ1) is 11.2. The monoisotopic (exact) mass is 331 g/mol. The van der Waals surface area contributed by atoms with Gasteiger partial charge in [-0.3, -0.25) is 14.6 Å². The van der Waals surface area contributed by atoms with Gasteiger partial charge in [0.25, 0.3) is 0 Å². The topological polar surface area (TPSA) is 70.6 Å². The third-order valence-electron chi connectivity index (χ3n) is 4.08. The molecule has 122 valence electrons. The molecule has 23 heavy (non-hydrogen) atoms. The molecule has 2 amide bonds. The molecule has 6 heteroatoms. The highest BCUT2D eigenvalue weighted by Crippen LogP contribution is 2.26. The number of hydrogen-bond acceptors (Lipinski definition) is 4. The van der Waals surface area contributed by atoms with Crippen molar-refractivity contribution in [1.29, 1.82) is 0 Å². The standard InChI is InChI=1S/C17H21N3O2S/c21-15(18-12-7-3-1-4-8-12)11-14-16(22)20-17(23-14)19-13-9-5-2-6-10-13/h1,3-4,7-8,13-14H,2,5-6,9-11H2,(H,18,21)(H,19,20,22)/t14-/m1/s1. The highest BCUT2D eigenvalue weighted by Gasteiger charge is 2.32. The van der Waals surface area contributed by atoms with Gasteiger partial charge in [0.2, 0.25) is 11.8 Å². The van der Waals surface area contributed by atoms with E-state index < -0.39 is 0 Å². The van der Waals surface area contributed by atoms with E-state index in [2.05, 4.69) is 15.6 Å². The largest absolute Gasteiger partial charge is 0.326 e. The number of nitrogens with zero attached hydrogens (tertiary/aromatic N) is 1. The summed E-state index contributed by atoms with van der Waals surface area (Å²) in [6, 6.07) is 9.60. The minimum absolute atomic E-state index is 0.118. The first-order valence-electron chi connectivity index (χ1n) is 8.11. The lowest BCUT2D eigenvalue weighted by Gasteiger charge is -2.17. The van der Waals surface area contributed by atoms with E-state index in [4.69, 9.17) is 0 Å². The number of carbonyl (C=O) groups is 2. The van der Waals surface area contributed by atoms with Crippen LogP contribution in [0.4, 0.5) is 5.69 Å². The van der Waals surface area contributed by atoms with Gasteiger partial charge in [0, 0.05) is 12.1 Å². The van der Waals surface area contributed by atoms with E-state index in [-0.39, 0.29) is 23.5 Å². The molecule has 1 atom stereocenters. The summed E-state index contributed by atoms with van der Waals surface area (Å²) < 4.78 is 0. The summed E-state index contributed by atoms with van der Waals surface area (Å²) in [6.45, 7) is 0. The van der Waals surface area contributed by atoms with Gasteiger partial charge in [-0.2, -0.15) is 0 Å². The Labute approximate surface area is 140 Å². The Morgan fingerprint density at radius 2 is 1.96 bits per heavy atom. The SMILES string of the molecule is O=C(C[C@H]1SC(=NC2CCCCC2)NC1=O)Nc1ccccc1. The van der Waals surface area contributed by atoms with Crippen molar-refractivity contribution in [3.8, 4) is 0 Å². The van der Waals surface area contributed by atoms with Crippen LogP contribution in [0.1, 0.15) is 38.5 Å². The van der Waals surface area contributed by atoms with Gasteiger partial charge in [0.1, 0.15) is 5.25 Å². The summed E-state index contributed by atoms with van der Waals surface area (Å²) in [6.07, 6.45) is 6.06. The van der Waals surface area contributed by atoms with E-state index in [1.54, 1.807) is 0 Å². The van der Waals surface area contributed by atoms with Crippen LogP contribution in [-0.4, -0.2) is 28.3 Å². The van der Waals surface area contributed by atoms with Gasteiger partial charge in [-0.15, -0.1) is 0 Å². The maximum absolute atomic E-state index is 12.1. The molecule has 0 radical (unpaired) electrons. The number of benzene rings is 1. The molecular weight excluding hydrogens is 310 g/mol. The van der Waals surface area contributed by atoms with E-state index in [1.807, 2.05) is 30.3 Å². The Morgan fingerprint density at radius 3 is 2.70 bits per heavy atom. The Morgan fingerprint density at radius 1 is 1.22 bits per heavy atom. The zero-order valence-electron chi connectivity index (χ0n) is 13.0. The maximum atomic E-state index is 12.1. The lowest BCUT2D eigenvalue weighted by atomic mass is 9.96. The molecule has 0 spiro atoms. The third-order valence-corrected chi connectivity index (χ3v) is 5.18. The van der Waals surface area contributed by atoms with Gasteiger partial charge in [-0.25, -0.2) is 0 Å². The molecule has 1 saturated heterocycles. The van der Waals surface area contributed by atoms with Crippen LogP contribution >= 0.6 is 11.8 Å². The molecule has 1 aromatic carbocycles. The van der Waals surface area contributed by atoms with Gasteiger partial charge in [-0.1, -0.05) is 49.2 Å². The molecule has 5 nitrogen and oxygen atoms in total. The molecular formula is C17H21N3O2S. The first-order valence-corrected chi connectivity index (χ1v) is 8.99. The van der Waals surface area contributed by atoms with Crippen molar-refractivity contribution < 1.29 is 9.59 Å². The van der Waals surface area contributed by atoms with Crippen molar-refractivity contribution in [2.75, 3.05) is 5.32 Å². The molecule has 3 rings (SSSR count). The van der Waals surface area contributed by atoms with Gasteiger partial charge in [0.15, 0.2) is 5.17 Å². The highest BCUT2D eigenvalue weighted by atomic mass is 32.2. The maximum Gasteiger partial charge on any atom is 0.240 e. The van der Waals surface area contributed by atoms with Gasteiger partial charge < -0.3 is 10.6 Å². The molecule has 0 bridgehead atoms. The van der Waals surface area contributed by atoms with Crippen molar-refractivity contribution in [3.05, 3.63) is 30.3 Å². The molecule has 2 aliphatic rings. The smallest absolute Gasteiger partial charge is 0.240 e. The molecule has 2 N–H and O–H groups in total. The fourth-order valence-corrected chi connectivity index (χ4v) is 3.92. The second kappa shape index (κ2) is 7.64. The number of anilines is 1. The van der Waals surface area contributed by atoms with E-state index in [9.17, 15) is 9.59 Å². The van der Waals surface area contributed by atoms with Crippen LogP contribution in [0.2, 0.25) is 0 Å². The lowest BCUT2D eigenvalue weighted by molar-refractivity contribution is -0.122. The number of thioether (sulfide) groups is 1. The molecule has 0 unspecified atom stereocenters. The summed E-state index contributed by atoms with van der Waals surface area (Å²) in [5.74, 6) is -0.268. The Bertz CT molecular complexity index is 597. The van der Waals surface area contributed by atoms with E-state index in [0.29, 0.717) is 11.2 Å². The summed E-state index contributed by atoms with van der Waals surface area (Å²) in [5.41, 5.74) is 0.747. The number of amides is 2. The molecule has 2 fully saturated rings. The van der Waals surface area contributed by atoms with Crippen LogP contribution in [0.5, 0.6) is 0 Å². The van der Waals surface area contributed by atoms with Crippen molar-refractivity contribution in [2.45, 2.75) is 49.8 Å². The molecule has 1 aliphatic carbocycles. The minimum Gasteiger partial charge on any atom is -0.326 e. The molecule has 1 aromatic rings. The van der Waals surface area contributed by atoms with Crippen LogP contribution in [-0.2, 0) is 9.59 Å². The summed E-state index contributed by atoms with van der Waals surface area (Å²) in [5, 5.41) is 5.92. The van der Waals surface area contributed by atoms with Gasteiger partial charge in [0.05, 0.1) is 6.04 Å². The number of nitrogens with one attached hydrogen (secondary N) is 2. The molecule has 1 aliphatic heterocycles. The summed E-state index contributed by atoms with van der Waals surface area (Å²) >= 11 is 1.38. The molecule has 1 saturated carbocycles. The van der Waals surface area contributed by atoms with Crippen LogP contribution < -0.4 is 10.6 Å². The Kier molecular flexibility index (Phi) is 5.33. The van der Waals surface area contributed by atoms with Crippen LogP contribution in [0.25, 0.3) is 0 Å². The first kappa shape index (κ1) is 16.1. The quantitative estimate of drug-likeness (QED) is 0.891. The number of para-hydroxylation sites is 1. The number of carbonyl (C=O) groups excluding carboxylic acids is 2. The van der Waals surface area contributed by atoms with E-state index in [1.165, 1.54) is 31.0 Å². The van der Waals surface area contributed by atoms with Crippen molar-refractivity contribution in [1.82, 2.24) is 5.32 Å². The fraction of sp³-hybridized carbons (Fsp3) is 0.471. The van der Waals surface area contributed by atoms with Crippen LogP contribution in [0, 0.1) is 0 Å². The van der Waals surface area contributed by atoms with Crippen molar-refractivity contribution >= 4 is 34.4 Å². The zero-order chi connectivity index (χ0) is 16.1. The van der Waals surface area contributed by atoms with Crippen LogP contribution in [0.15, 0.2) is 35.3 Å². The predicted octanol–water partition coefficient (Wildman–Crippen LogP) is 2.94. The minimum atomic E-state index is -0.388. The van der Waals surface area contributed by atoms with Crippen LogP contribution in [0.3, 0.4) is 0 Å². The number of hydrogen-bond donors (Lipinski definition) is 2. The summed E-state index contributed by atoms with van der Waals surface area (Å²) in [4.78, 5) is 28.7. The molecule has 1 heterocycles. The number of amidine groups is 1. The Balaban J connectivity index is 1.53. The second-order valence-corrected chi connectivity index (χ2v) is 7.13. The fourth-order valence-electron chi connectivity index (χ4n) is 2.88. The lowest BCUT2D eigenvalue weighted by Crippen LogP contribution is -2.28. The molecule has 0 aromatic heterocycles. The predicted molar refractivity (Wildman–Crippen MR) is 93.5 cm³/mol. The zero-order valence-corrected chi connectivity index (χ0v) is 13.8. The number of aliphatic imine (C=N–C) groups is 1. The average Bonchev–Trinajstić information content (AvgIpc) is 2.88. The van der Waals surface area contributed by atoms with Gasteiger partial charge >= 0.3 is 0 Å². The second-order valence-electron chi connectivity index (χ2n) is 5.94. The Hall–Kier alpha value is -1.82. The number of rotatable bonds is 4. The average molecular weight is 331 g/mol. The van der Waals surface area contributed by atoms with Crippen molar-refractivity contribution in [2.24, 2.45) is 4.99 Å². The summed E-state index contributed by atoms with van der Waals surface area (Å²) in [7, 11) is 0. The van der Waals surface area contributed by atoms with Crippen molar-refractivity contribution in [3.63, 3.8) is 0 Å².